The summed E-state index contributed by atoms with van der Waals surface area (Å²) in [5.41, 5.74) is 1.74. The van der Waals surface area contributed by atoms with Crippen LogP contribution in [0, 0.1) is 16.2 Å². The van der Waals surface area contributed by atoms with Gasteiger partial charge < -0.3 is 4.90 Å². The number of hydrazine groups is 1. The van der Waals surface area contributed by atoms with Gasteiger partial charge in [-0.15, -0.1) is 0 Å². The Bertz CT molecular complexity index is 516. The second-order valence-corrected chi connectivity index (χ2v) is 8.80. The first-order valence-corrected chi connectivity index (χ1v) is 9.01. The molecule has 0 aromatic carbocycles. The molecule has 5 nitrogen and oxygen atoms in total. The van der Waals surface area contributed by atoms with Crippen LogP contribution in [0.2, 0.25) is 0 Å². The molecule has 2 saturated carbocycles. The lowest BCUT2D eigenvalue weighted by atomic mass is 9.64. The van der Waals surface area contributed by atoms with Crippen LogP contribution in [-0.2, 0) is 9.59 Å². The van der Waals surface area contributed by atoms with Gasteiger partial charge in [-0.2, -0.15) is 0 Å². The van der Waals surface area contributed by atoms with Crippen LogP contribution in [0.3, 0.4) is 0 Å². The number of Topliss-reactive ketones (excluding diaryl/α,β-unsaturated/α-hetero) is 1. The van der Waals surface area contributed by atoms with Gasteiger partial charge in [0.1, 0.15) is 0 Å². The van der Waals surface area contributed by atoms with E-state index in [1.165, 1.54) is 0 Å². The fourth-order valence-electron chi connectivity index (χ4n) is 4.62. The van der Waals surface area contributed by atoms with Gasteiger partial charge in [-0.25, -0.2) is 5.01 Å². The standard InChI is InChI=1S/C16H26BrN3O2/c1-14(2)15(3)5-6-16(14,11(17)12(15)21)13(22)18-20-9-7-19(4)8-10-20/h11H,5-10H2,1-4H3,(H,18,22). The number of alkyl halides is 1. The van der Waals surface area contributed by atoms with Crippen molar-refractivity contribution < 1.29 is 9.59 Å². The van der Waals surface area contributed by atoms with Gasteiger partial charge in [-0.1, -0.05) is 36.7 Å². The number of carbonyl (C=O) groups is 2. The summed E-state index contributed by atoms with van der Waals surface area (Å²) in [5, 5.41) is 2.01. The molecule has 124 valence electrons. The Morgan fingerprint density at radius 1 is 1.18 bits per heavy atom. The van der Waals surface area contributed by atoms with E-state index in [9.17, 15) is 9.59 Å². The molecular formula is C16H26BrN3O2. The van der Waals surface area contributed by atoms with Gasteiger partial charge in [0.05, 0.1) is 10.2 Å². The summed E-state index contributed by atoms with van der Waals surface area (Å²) in [5.74, 6) is 0.204. The minimum atomic E-state index is -0.637. The zero-order chi connectivity index (χ0) is 16.3. The van der Waals surface area contributed by atoms with Crippen LogP contribution in [0.1, 0.15) is 33.6 Å². The van der Waals surface area contributed by atoms with Crippen molar-refractivity contribution in [3.05, 3.63) is 0 Å². The number of piperazine rings is 1. The maximum atomic E-state index is 13.1. The van der Waals surface area contributed by atoms with Crippen molar-refractivity contribution in [1.29, 1.82) is 0 Å². The van der Waals surface area contributed by atoms with E-state index in [1.54, 1.807) is 0 Å². The maximum absolute atomic E-state index is 13.1. The van der Waals surface area contributed by atoms with E-state index in [0.29, 0.717) is 0 Å². The molecule has 0 spiro atoms. The summed E-state index contributed by atoms with van der Waals surface area (Å²) in [6, 6.07) is 0. The van der Waals surface area contributed by atoms with Crippen LogP contribution in [0.25, 0.3) is 0 Å². The molecule has 3 rings (SSSR count). The number of nitrogens with one attached hydrogen (secondary N) is 1. The number of hydrogen-bond donors (Lipinski definition) is 1. The average molecular weight is 372 g/mol. The molecule has 3 unspecified atom stereocenters. The van der Waals surface area contributed by atoms with Crippen molar-refractivity contribution in [1.82, 2.24) is 15.3 Å². The van der Waals surface area contributed by atoms with Gasteiger partial charge in [-0.05, 0) is 25.3 Å². The molecular weight excluding hydrogens is 346 g/mol. The highest BCUT2D eigenvalue weighted by Gasteiger charge is 2.76. The summed E-state index contributed by atoms with van der Waals surface area (Å²) < 4.78 is 0. The fraction of sp³-hybridized carbons (Fsp3) is 0.875. The molecule has 0 aromatic heterocycles. The number of likely N-dealkylation sites (N-methyl/N-ethyl adjacent to an activating group) is 1. The lowest BCUT2D eigenvalue weighted by Crippen LogP contribution is -2.59. The zero-order valence-corrected chi connectivity index (χ0v) is 15.5. The smallest absolute Gasteiger partial charge is 0.242 e. The first-order valence-electron chi connectivity index (χ1n) is 8.10. The molecule has 1 saturated heterocycles. The second kappa shape index (κ2) is 5.02. The van der Waals surface area contributed by atoms with Gasteiger partial charge in [0.2, 0.25) is 5.91 Å². The van der Waals surface area contributed by atoms with Crippen molar-refractivity contribution >= 4 is 27.6 Å². The summed E-state index contributed by atoms with van der Waals surface area (Å²) in [7, 11) is 2.09. The van der Waals surface area contributed by atoms with Crippen LogP contribution in [0.4, 0.5) is 0 Å². The first kappa shape index (κ1) is 16.4. The predicted molar refractivity (Wildman–Crippen MR) is 88.5 cm³/mol. The van der Waals surface area contributed by atoms with E-state index in [0.717, 1.165) is 39.0 Å². The van der Waals surface area contributed by atoms with Gasteiger partial charge >= 0.3 is 0 Å². The number of ketones is 1. The largest absolute Gasteiger partial charge is 0.304 e. The monoisotopic (exact) mass is 371 g/mol. The van der Waals surface area contributed by atoms with Crippen molar-refractivity contribution in [3.8, 4) is 0 Å². The Balaban J connectivity index is 1.84. The van der Waals surface area contributed by atoms with E-state index in [-0.39, 0.29) is 21.9 Å². The highest BCUT2D eigenvalue weighted by atomic mass is 79.9. The van der Waals surface area contributed by atoms with Crippen LogP contribution in [0.5, 0.6) is 0 Å². The molecule has 1 heterocycles. The van der Waals surface area contributed by atoms with Gasteiger partial charge in [0.25, 0.3) is 0 Å². The Labute approximate surface area is 140 Å². The Morgan fingerprint density at radius 3 is 2.27 bits per heavy atom. The summed E-state index contributed by atoms with van der Waals surface area (Å²) >= 11 is 3.57. The minimum Gasteiger partial charge on any atom is -0.304 e. The van der Waals surface area contributed by atoms with E-state index < -0.39 is 10.8 Å². The Hall–Kier alpha value is -0.460. The number of nitrogens with zero attached hydrogens (tertiary/aromatic N) is 2. The third kappa shape index (κ3) is 1.83. The Kier molecular flexibility index (Phi) is 3.74. The maximum Gasteiger partial charge on any atom is 0.242 e. The fourth-order valence-corrected chi connectivity index (χ4v) is 6.13. The van der Waals surface area contributed by atoms with E-state index in [1.807, 2.05) is 11.9 Å². The summed E-state index contributed by atoms with van der Waals surface area (Å²) in [4.78, 5) is 27.7. The van der Waals surface area contributed by atoms with E-state index in [2.05, 4.69) is 47.2 Å². The number of rotatable bonds is 2. The SMILES string of the molecule is CN1CCN(NC(=O)C23CCC(C)(C(=O)C2Br)C3(C)C)CC1. The number of halogens is 1. The lowest BCUT2D eigenvalue weighted by Gasteiger charge is -2.42. The van der Waals surface area contributed by atoms with Crippen molar-refractivity contribution in [2.45, 2.75) is 38.4 Å². The van der Waals surface area contributed by atoms with Gasteiger partial charge in [-0.3, -0.25) is 15.0 Å². The molecule has 1 aliphatic heterocycles. The third-order valence-electron chi connectivity index (χ3n) is 6.89. The number of amides is 1. The zero-order valence-electron chi connectivity index (χ0n) is 13.9. The summed E-state index contributed by atoms with van der Waals surface area (Å²) in [6.45, 7) is 9.76. The number of hydrogen-bond acceptors (Lipinski definition) is 4. The minimum absolute atomic E-state index is 0.0125. The normalized spacial score (nSPS) is 41.9. The van der Waals surface area contributed by atoms with E-state index in [4.69, 9.17) is 0 Å². The molecule has 0 aromatic rings. The van der Waals surface area contributed by atoms with Crippen LogP contribution in [-0.4, -0.2) is 59.7 Å². The molecule has 3 aliphatic rings. The summed E-state index contributed by atoms with van der Waals surface area (Å²) in [6.07, 6.45) is 1.58. The Morgan fingerprint density at radius 2 is 1.77 bits per heavy atom. The second-order valence-electron chi connectivity index (χ2n) is 7.89. The van der Waals surface area contributed by atoms with Crippen LogP contribution < -0.4 is 5.43 Å². The third-order valence-corrected chi connectivity index (χ3v) is 8.09. The number of carbonyl (C=O) groups excluding carboxylic acids is 2. The molecule has 2 bridgehead atoms. The molecule has 22 heavy (non-hydrogen) atoms. The van der Waals surface area contributed by atoms with Crippen molar-refractivity contribution in [2.24, 2.45) is 16.2 Å². The van der Waals surface area contributed by atoms with Crippen LogP contribution in [0.15, 0.2) is 0 Å². The molecule has 1 amide bonds. The number of fused-ring (bicyclic) bond motifs is 2. The van der Waals surface area contributed by atoms with E-state index >= 15 is 0 Å². The molecule has 1 N–H and O–H groups in total. The topological polar surface area (TPSA) is 52.6 Å². The van der Waals surface area contributed by atoms with Crippen LogP contribution >= 0.6 is 15.9 Å². The first-order chi connectivity index (χ1) is 10.2. The van der Waals surface area contributed by atoms with Gasteiger partial charge in [0.15, 0.2) is 5.78 Å². The van der Waals surface area contributed by atoms with Crippen molar-refractivity contribution in [2.75, 3.05) is 33.2 Å². The highest BCUT2D eigenvalue weighted by molar-refractivity contribution is 9.10. The molecule has 3 fully saturated rings. The molecule has 2 aliphatic carbocycles. The molecule has 6 heteroatoms. The van der Waals surface area contributed by atoms with Crippen molar-refractivity contribution in [3.63, 3.8) is 0 Å². The highest BCUT2D eigenvalue weighted by Crippen LogP contribution is 2.72. The average Bonchev–Trinajstić information content (AvgIpc) is 2.74. The lowest BCUT2D eigenvalue weighted by molar-refractivity contribution is -0.141. The predicted octanol–water partition coefficient (Wildman–Crippen LogP) is 1.42. The molecule has 0 radical (unpaired) electrons. The van der Waals surface area contributed by atoms with Gasteiger partial charge in [0, 0.05) is 31.6 Å². The molecule has 3 atom stereocenters. The quantitative estimate of drug-likeness (QED) is 0.745.